The number of carbonyl (C=O) groups is 1. The first-order valence-corrected chi connectivity index (χ1v) is 21.2. The van der Waals surface area contributed by atoms with Crippen LogP contribution in [0.5, 0.6) is 0 Å². The number of aliphatic carboxylic acids is 1. The molecule has 1 unspecified atom stereocenters. The van der Waals surface area contributed by atoms with E-state index in [2.05, 4.69) is 51.3 Å². The van der Waals surface area contributed by atoms with E-state index in [1.165, 1.54) is 12.3 Å². The molecule has 0 amide bonds. The van der Waals surface area contributed by atoms with Crippen LogP contribution in [-0.4, -0.2) is 69.4 Å². The number of nitrogens with one attached hydrogen (secondary N) is 1. The minimum Gasteiger partial charge on any atom is -0.480 e. The van der Waals surface area contributed by atoms with Crippen LogP contribution in [-0.2, 0) is 36.7 Å². The molecule has 0 radical (unpaired) electrons. The monoisotopic (exact) mass is 788 g/mol. The van der Waals surface area contributed by atoms with Crippen molar-refractivity contribution in [1.29, 1.82) is 0 Å². The van der Waals surface area contributed by atoms with Gasteiger partial charge in [0.05, 0.1) is 9.37 Å². The molecule has 0 spiro atoms. The van der Waals surface area contributed by atoms with Crippen molar-refractivity contribution in [1.82, 2.24) is 14.0 Å². The number of carboxylic acid groups (broad SMARTS) is 1. The number of carboxylic acids is 1. The first kappa shape index (κ1) is 38.4. The number of halogens is 1. The molecule has 0 aliphatic carbocycles. The van der Waals surface area contributed by atoms with E-state index < -0.39 is 32.1 Å². The van der Waals surface area contributed by atoms with E-state index in [4.69, 9.17) is 0 Å². The number of aromatic nitrogens is 1. The third kappa shape index (κ3) is 9.73. The van der Waals surface area contributed by atoms with Crippen molar-refractivity contribution in [3.63, 3.8) is 0 Å². The first-order valence-electron chi connectivity index (χ1n) is 17.4. The molecule has 272 valence electrons. The molecule has 1 atom stereocenters. The van der Waals surface area contributed by atoms with E-state index in [0.29, 0.717) is 45.7 Å². The van der Waals surface area contributed by atoms with Gasteiger partial charge in [-0.3, -0.25) is 4.79 Å². The van der Waals surface area contributed by atoms with E-state index in [1.807, 2.05) is 18.2 Å². The smallest absolute Gasteiger partial charge is 0.322 e. The molecule has 2 aliphatic rings. The molecule has 0 saturated carbocycles. The minimum absolute atomic E-state index is 0.0219. The summed E-state index contributed by atoms with van der Waals surface area (Å²) >= 11 is 3.51. The SMILES string of the molecule is CC(C)(C)c1ccc(S(=O)(=O)N2CCC(CCCC3CCN(c4ncc(S(=O)(=O)NC(Cc5ccccc5)C(=O)O)cc4Br)CC3)CC2)cc1. The number of nitrogens with zero attached hydrogens (tertiary/aromatic N) is 3. The van der Waals surface area contributed by atoms with Gasteiger partial charge in [-0.1, -0.05) is 82.5 Å². The Hall–Kier alpha value is -2.84. The molecular weight excluding hydrogens is 740 g/mol. The average Bonchev–Trinajstić information content (AvgIpc) is 3.08. The summed E-state index contributed by atoms with van der Waals surface area (Å²) in [6, 6.07) is 16.4. The van der Waals surface area contributed by atoms with Gasteiger partial charge in [0.1, 0.15) is 16.8 Å². The number of hydrogen-bond donors (Lipinski definition) is 2. The number of rotatable bonds is 13. The fourth-order valence-corrected chi connectivity index (χ4v) is 10.3. The van der Waals surface area contributed by atoms with Crippen molar-refractivity contribution in [2.24, 2.45) is 11.8 Å². The molecule has 3 aromatic rings. The quantitative estimate of drug-likeness (QED) is 0.198. The Morgan fingerprint density at radius 3 is 2.02 bits per heavy atom. The summed E-state index contributed by atoms with van der Waals surface area (Å²) in [4.78, 5) is 18.8. The fraction of sp³-hybridized carbons (Fsp3) is 0.514. The van der Waals surface area contributed by atoms with Gasteiger partial charge in [-0.2, -0.15) is 9.03 Å². The Labute approximate surface area is 305 Å². The van der Waals surface area contributed by atoms with Crippen molar-refractivity contribution in [3.05, 3.63) is 82.5 Å². The fourth-order valence-electron chi connectivity index (χ4n) is 6.92. The number of piperidine rings is 2. The molecule has 13 heteroatoms. The van der Waals surface area contributed by atoms with E-state index in [1.54, 1.807) is 40.7 Å². The van der Waals surface area contributed by atoms with Crippen LogP contribution >= 0.6 is 15.9 Å². The summed E-state index contributed by atoms with van der Waals surface area (Å²) in [6.45, 7) is 9.12. The summed E-state index contributed by atoms with van der Waals surface area (Å²) < 4.78 is 57.3. The second-order valence-electron chi connectivity index (χ2n) is 14.7. The van der Waals surface area contributed by atoms with Gasteiger partial charge in [0, 0.05) is 32.4 Å². The van der Waals surface area contributed by atoms with Crippen molar-refractivity contribution in [2.45, 2.75) is 93.4 Å². The number of pyridine rings is 1. The van der Waals surface area contributed by atoms with Crippen LogP contribution in [0.15, 0.2) is 81.1 Å². The number of benzene rings is 2. The topological polar surface area (TPSA) is 137 Å². The highest BCUT2D eigenvalue weighted by molar-refractivity contribution is 9.10. The van der Waals surface area contributed by atoms with Crippen molar-refractivity contribution < 1.29 is 26.7 Å². The van der Waals surface area contributed by atoms with Crippen LogP contribution < -0.4 is 9.62 Å². The summed E-state index contributed by atoms with van der Waals surface area (Å²) in [7, 11) is -7.61. The zero-order valence-corrected chi connectivity index (χ0v) is 32.3. The molecule has 5 rings (SSSR count). The zero-order valence-electron chi connectivity index (χ0n) is 29.1. The van der Waals surface area contributed by atoms with Gasteiger partial charge in [-0.15, -0.1) is 0 Å². The highest BCUT2D eigenvalue weighted by Crippen LogP contribution is 2.33. The normalized spacial score (nSPS) is 17.9. The van der Waals surface area contributed by atoms with Gasteiger partial charge < -0.3 is 10.0 Å². The lowest BCUT2D eigenvalue weighted by Gasteiger charge is -2.34. The molecule has 2 N–H and O–H groups in total. The molecule has 2 aliphatic heterocycles. The second kappa shape index (κ2) is 16.2. The predicted octanol–water partition coefficient (Wildman–Crippen LogP) is 6.60. The zero-order chi connectivity index (χ0) is 36.1. The second-order valence-corrected chi connectivity index (χ2v) is 19.2. The van der Waals surface area contributed by atoms with Crippen LogP contribution in [0.25, 0.3) is 0 Å². The Morgan fingerprint density at radius 2 is 1.48 bits per heavy atom. The first-order chi connectivity index (χ1) is 23.6. The largest absolute Gasteiger partial charge is 0.480 e. The van der Waals surface area contributed by atoms with Crippen LogP contribution in [0.2, 0.25) is 0 Å². The van der Waals surface area contributed by atoms with E-state index >= 15 is 0 Å². The van der Waals surface area contributed by atoms with Crippen molar-refractivity contribution in [2.75, 3.05) is 31.1 Å². The van der Waals surface area contributed by atoms with Crippen molar-refractivity contribution >= 4 is 47.8 Å². The molecule has 1 aromatic heterocycles. The maximum Gasteiger partial charge on any atom is 0.322 e. The highest BCUT2D eigenvalue weighted by Gasteiger charge is 2.31. The van der Waals surface area contributed by atoms with E-state index in [-0.39, 0.29) is 16.7 Å². The maximum atomic E-state index is 13.3. The van der Waals surface area contributed by atoms with Crippen LogP contribution in [0.1, 0.15) is 76.8 Å². The molecule has 2 saturated heterocycles. The van der Waals surface area contributed by atoms with Gasteiger partial charge in [0.15, 0.2) is 0 Å². The third-order valence-electron chi connectivity index (χ3n) is 10.1. The Kier molecular flexibility index (Phi) is 12.5. The lowest BCUT2D eigenvalue weighted by molar-refractivity contribution is -0.138. The molecule has 0 bridgehead atoms. The van der Waals surface area contributed by atoms with Gasteiger partial charge in [0.2, 0.25) is 20.0 Å². The highest BCUT2D eigenvalue weighted by atomic mass is 79.9. The van der Waals surface area contributed by atoms with Gasteiger partial charge in [-0.05, 0) is 94.6 Å². The Bertz CT molecular complexity index is 1820. The van der Waals surface area contributed by atoms with Crippen LogP contribution in [0.3, 0.4) is 0 Å². The van der Waals surface area contributed by atoms with E-state index in [9.17, 15) is 26.7 Å². The molecule has 2 fully saturated rings. The third-order valence-corrected chi connectivity index (χ3v) is 14.0. The molecule has 50 heavy (non-hydrogen) atoms. The average molecular weight is 790 g/mol. The predicted molar refractivity (Wildman–Crippen MR) is 199 cm³/mol. The lowest BCUT2D eigenvalue weighted by Crippen LogP contribution is -2.42. The standard InChI is InChI=1S/C37H49BrN4O6S2/c1-37(2,3)30-12-14-31(15-13-30)50(47,48)42-22-18-28(19-23-42)11-7-10-27-16-20-41(21-17-27)35-33(38)25-32(26-39-35)49(45,46)40-34(36(43)44)24-29-8-5-4-6-9-29/h4-6,8-9,12-15,25-28,34,40H,7,10-11,16-24H2,1-3H3,(H,43,44). The molecule has 2 aromatic carbocycles. The van der Waals surface area contributed by atoms with Gasteiger partial charge >= 0.3 is 5.97 Å². The molecular formula is C37H49BrN4O6S2. The number of anilines is 1. The molecule has 3 heterocycles. The van der Waals surface area contributed by atoms with Crippen LogP contribution in [0.4, 0.5) is 5.82 Å². The molecule has 10 nitrogen and oxygen atoms in total. The summed E-state index contributed by atoms with van der Waals surface area (Å²) in [6.07, 6.45) is 8.49. The lowest BCUT2D eigenvalue weighted by atomic mass is 9.87. The summed E-state index contributed by atoms with van der Waals surface area (Å²) in [5.41, 5.74) is 1.81. The number of sulfonamides is 2. The van der Waals surface area contributed by atoms with Crippen molar-refractivity contribution in [3.8, 4) is 0 Å². The minimum atomic E-state index is -4.13. The summed E-state index contributed by atoms with van der Waals surface area (Å²) in [5.74, 6) is 0.563. The van der Waals surface area contributed by atoms with Gasteiger partial charge in [0.25, 0.3) is 0 Å². The Morgan fingerprint density at radius 1 is 0.900 bits per heavy atom. The van der Waals surface area contributed by atoms with Crippen LogP contribution in [0, 0.1) is 11.8 Å². The maximum absolute atomic E-state index is 13.3. The van der Waals surface area contributed by atoms with Gasteiger partial charge in [-0.25, -0.2) is 21.8 Å². The summed E-state index contributed by atoms with van der Waals surface area (Å²) in [5, 5.41) is 9.67. The number of hydrogen-bond acceptors (Lipinski definition) is 7. The Balaban J connectivity index is 1.05. The van der Waals surface area contributed by atoms with E-state index in [0.717, 1.165) is 63.6 Å².